The molecular weight excluding hydrogens is 627 g/mol. The quantitative estimate of drug-likeness (QED) is 0.145. The van der Waals surface area contributed by atoms with Gasteiger partial charge in [0.2, 0.25) is 7.37 Å². The fourth-order valence-electron chi connectivity index (χ4n) is 4.19. The molecule has 0 bridgehead atoms. The van der Waals surface area contributed by atoms with E-state index in [1.165, 1.54) is 42.3 Å². The maximum absolute atomic E-state index is 14.2. The lowest BCUT2D eigenvalue weighted by molar-refractivity contribution is -0.126. The molecule has 0 saturated heterocycles. The molecular formula is C30H24ClF4N2O4PS. The molecule has 3 aromatic carbocycles. The van der Waals surface area contributed by atoms with E-state index in [4.69, 9.17) is 16.1 Å². The first-order chi connectivity index (χ1) is 20.4. The summed E-state index contributed by atoms with van der Waals surface area (Å²) in [7, 11) is -3.80. The van der Waals surface area contributed by atoms with Crippen molar-refractivity contribution in [2.75, 3.05) is 13.3 Å². The van der Waals surface area contributed by atoms with Crippen molar-refractivity contribution in [2.45, 2.75) is 12.6 Å². The number of thiophene rings is 1. The van der Waals surface area contributed by atoms with E-state index in [9.17, 15) is 31.7 Å². The molecule has 0 aliphatic rings. The van der Waals surface area contributed by atoms with Crippen molar-refractivity contribution in [1.29, 1.82) is 0 Å². The fourth-order valence-corrected chi connectivity index (χ4v) is 7.34. The average Bonchev–Trinajstić information content (AvgIpc) is 3.35. The van der Waals surface area contributed by atoms with E-state index in [0.29, 0.717) is 20.9 Å². The molecule has 2 atom stereocenters. The molecule has 4 rings (SSSR count). The van der Waals surface area contributed by atoms with E-state index < -0.39 is 48.2 Å². The molecule has 43 heavy (non-hydrogen) atoms. The number of amides is 3. The molecule has 0 aliphatic carbocycles. The first-order valence-electron chi connectivity index (χ1n) is 12.7. The number of nitrogens with one attached hydrogen (secondary N) is 1. The van der Waals surface area contributed by atoms with E-state index in [-0.39, 0.29) is 17.7 Å². The van der Waals surface area contributed by atoms with Gasteiger partial charge in [0.25, 0.3) is 5.91 Å². The van der Waals surface area contributed by atoms with Crippen LogP contribution in [0.4, 0.5) is 22.4 Å². The van der Waals surface area contributed by atoms with Crippen LogP contribution in [0.25, 0.3) is 22.2 Å². The van der Waals surface area contributed by atoms with Gasteiger partial charge in [-0.25, -0.2) is 27.3 Å². The molecule has 1 N–H and O–H groups in total. The Morgan fingerprint density at radius 2 is 1.60 bits per heavy atom. The van der Waals surface area contributed by atoms with Crippen molar-refractivity contribution < 1.29 is 36.2 Å². The minimum Gasteiger partial charge on any atom is -0.328 e. The van der Waals surface area contributed by atoms with Gasteiger partial charge in [-0.05, 0) is 89.0 Å². The summed E-state index contributed by atoms with van der Waals surface area (Å²) in [6.45, 7) is 2.90. The van der Waals surface area contributed by atoms with E-state index in [1.54, 1.807) is 30.5 Å². The molecule has 0 radical (unpaired) electrons. The largest absolute Gasteiger partial charge is 0.332 e. The van der Waals surface area contributed by atoms with Crippen molar-refractivity contribution in [2.24, 2.45) is 0 Å². The molecule has 224 valence electrons. The minimum atomic E-state index is -3.80. The van der Waals surface area contributed by atoms with Gasteiger partial charge in [-0.2, -0.15) is 0 Å². The Labute approximate surface area is 253 Å². The summed E-state index contributed by atoms with van der Waals surface area (Å²) in [6.07, 6.45) is 4.58. The second-order valence-electron chi connectivity index (χ2n) is 9.21. The zero-order valence-electron chi connectivity index (χ0n) is 22.7. The highest BCUT2D eigenvalue weighted by atomic mass is 35.5. The lowest BCUT2D eigenvalue weighted by Gasteiger charge is -2.27. The number of hydrogen-bond acceptors (Lipinski definition) is 5. The third-order valence-electron chi connectivity index (χ3n) is 6.19. The molecule has 1 aromatic heterocycles. The SMILES string of the molecule is CCOP(C)(=O)C(C(=O)N(C=Cc1ccc(F)c(F)c1)C(=O)NC=Cc1ccc(F)c(F)c1)c1csc2ccc(Cl)cc12. The minimum absolute atomic E-state index is 0.00818. The molecule has 13 heteroatoms. The molecule has 0 spiro atoms. The molecule has 6 nitrogen and oxygen atoms in total. The van der Waals surface area contributed by atoms with Crippen molar-refractivity contribution in [3.8, 4) is 0 Å². The lowest BCUT2D eigenvalue weighted by atomic mass is 10.1. The van der Waals surface area contributed by atoms with E-state index in [0.717, 1.165) is 41.4 Å². The Morgan fingerprint density at radius 3 is 2.21 bits per heavy atom. The summed E-state index contributed by atoms with van der Waals surface area (Å²) in [4.78, 5) is 28.2. The van der Waals surface area contributed by atoms with Crippen LogP contribution in [0.2, 0.25) is 5.02 Å². The molecule has 4 aromatic rings. The van der Waals surface area contributed by atoms with E-state index in [1.807, 2.05) is 0 Å². The van der Waals surface area contributed by atoms with Crippen LogP contribution in [0.15, 0.2) is 72.4 Å². The number of halogens is 5. The molecule has 0 aliphatic heterocycles. The van der Waals surface area contributed by atoms with Gasteiger partial charge in [-0.3, -0.25) is 9.36 Å². The van der Waals surface area contributed by atoms with Crippen LogP contribution in [0.5, 0.6) is 0 Å². The fraction of sp³-hybridized carbons (Fsp3) is 0.133. The highest BCUT2D eigenvalue weighted by molar-refractivity contribution is 7.59. The average molecular weight is 651 g/mol. The number of nitrogens with zero attached hydrogens (tertiary/aromatic N) is 1. The summed E-state index contributed by atoms with van der Waals surface area (Å²) in [6, 6.07) is 10.1. The van der Waals surface area contributed by atoms with E-state index >= 15 is 0 Å². The summed E-state index contributed by atoms with van der Waals surface area (Å²) in [5, 5.41) is 4.92. The van der Waals surface area contributed by atoms with Crippen LogP contribution in [0.1, 0.15) is 29.3 Å². The van der Waals surface area contributed by atoms with Gasteiger partial charge in [0.15, 0.2) is 23.3 Å². The normalized spacial score (nSPS) is 13.8. The number of imide groups is 1. The predicted molar refractivity (Wildman–Crippen MR) is 161 cm³/mol. The maximum Gasteiger partial charge on any atom is 0.332 e. The number of benzene rings is 3. The lowest BCUT2D eigenvalue weighted by Crippen LogP contribution is -2.40. The van der Waals surface area contributed by atoms with Gasteiger partial charge in [-0.15, -0.1) is 11.3 Å². The monoisotopic (exact) mass is 650 g/mol. The van der Waals surface area contributed by atoms with Crippen LogP contribution in [0, 0.1) is 23.3 Å². The Morgan fingerprint density at radius 1 is 0.977 bits per heavy atom. The number of urea groups is 1. The Bertz CT molecular complexity index is 1800. The zero-order chi connectivity index (χ0) is 31.3. The molecule has 0 saturated carbocycles. The van der Waals surface area contributed by atoms with Gasteiger partial charge >= 0.3 is 6.03 Å². The topological polar surface area (TPSA) is 75.7 Å². The van der Waals surface area contributed by atoms with Crippen LogP contribution >= 0.6 is 30.3 Å². The third-order valence-corrected chi connectivity index (χ3v) is 9.62. The smallest absolute Gasteiger partial charge is 0.328 e. The molecule has 3 amide bonds. The Hall–Kier alpha value is -3.76. The summed E-state index contributed by atoms with van der Waals surface area (Å²) >= 11 is 7.49. The van der Waals surface area contributed by atoms with Crippen molar-refractivity contribution in [3.05, 3.63) is 117 Å². The standard InChI is InChI=1S/C30H24ClF4N2O4PS/c1-3-41-42(2,40)28(22-17-43-27-9-6-20(31)16-21(22)27)29(38)37(13-11-19-5-8-24(33)26(35)15-19)30(39)36-12-10-18-4-7-23(32)25(34)14-18/h4-17,28H,3H2,1-2H3,(H,36,39). The zero-order valence-corrected chi connectivity index (χ0v) is 25.2. The number of fused-ring (bicyclic) bond motifs is 1. The van der Waals surface area contributed by atoms with Crippen molar-refractivity contribution in [3.63, 3.8) is 0 Å². The number of hydrogen-bond donors (Lipinski definition) is 1. The van der Waals surface area contributed by atoms with Gasteiger partial charge in [0.05, 0.1) is 6.61 Å². The predicted octanol–water partition coefficient (Wildman–Crippen LogP) is 8.98. The maximum atomic E-state index is 14.2. The van der Waals surface area contributed by atoms with Crippen LogP contribution < -0.4 is 5.32 Å². The van der Waals surface area contributed by atoms with E-state index in [2.05, 4.69) is 5.32 Å². The Balaban J connectivity index is 1.76. The highest BCUT2D eigenvalue weighted by Gasteiger charge is 2.42. The van der Waals surface area contributed by atoms with Crippen LogP contribution in [0.3, 0.4) is 0 Å². The first-order valence-corrected chi connectivity index (χ1v) is 16.1. The van der Waals surface area contributed by atoms with Crippen molar-refractivity contribution >= 4 is 64.5 Å². The number of rotatable bonds is 9. The number of carbonyl (C=O) groups excluding carboxylic acids is 2. The second kappa shape index (κ2) is 13.7. The van der Waals surface area contributed by atoms with Crippen molar-refractivity contribution in [1.82, 2.24) is 10.2 Å². The summed E-state index contributed by atoms with van der Waals surface area (Å²) < 4.78 is 74.4. The molecule has 0 fully saturated rings. The molecule has 1 heterocycles. The van der Waals surface area contributed by atoms with Crippen LogP contribution in [-0.4, -0.2) is 30.1 Å². The van der Waals surface area contributed by atoms with Gasteiger partial charge < -0.3 is 9.84 Å². The highest BCUT2D eigenvalue weighted by Crippen LogP contribution is 2.59. The second-order valence-corrected chi connectivity index (χ2v) is 13.2. The first kappa shape index (κ1) is 32.2. The third kappa shape index (κ3) is 7.61. The van der Waals surface area contributed by atoms with Gasteiger partial charge in [0, 0.05) is 28.8 Å². The van der Waals surface area contributed by atoms with Gasteiger partial charge in [-0.1, -0.05) is 23.7 Å². The number of carbonyl (C=O) groups is 2. The van der Waals surface area contributed by atoms with Crippen LogP contribution in [-0.2, 0) is 13.9 Å². The Kier molecular flexibility index (Phi) is 10.2. The molecule has 2 unspecified atom stereocenters. The summed E-state index contributed by atoms with van der Waals surface area (Å²) in [5.74, 6) is -5.33. The summed E-state index contributed by atoms with van der Waals surface area (Å²) in [5.41, 5.74) is -0.808. The van der Waals surface area contributed by atoms with Gasteiger partial charge in [0.1, 0.15) is 5.66 Å².